The molecule has 1 aliphatic heterocycles. The number of rotatable bonds is 5. The molecule has 0 saturated carbocycles. The largest absolute Gasteiger partial charge is 0.356 e. The van der Waals surface area contributed by atoms with Crippen LogP contribution in [0.15, 0.2) is 24.3 Å². The van der Waals surface area contributed by atoms with Crippen LogP contribution in [0, 0.1) is 11.8 Å². The summed E-state index contributed by atoms with van der Waals surface area (Å²) in [4.78, 5) is 12.1. The van der Waals surface area contributed by atoms with Gasteiger partial charge in [0, 0.05) is 13.0 Å². The highest BCUT2D eigenvalue weighted by Gasteiger charge is 2.21. The molecule has 3 rings (SSSR count). The van der Waals surface area contributed by atoms with Crippen molar-refractivity contribution in [3.05, 3.63) is 35.4 Å². The molecule has 1 fully saturated rings. The molecule has 1 aromatic rings. The third-order valence-corrected chi connectivity index (χ3v) is 5.20. The summed E-state index contributed by atoms with van der Waals surface area (Å²) in [6.45, 7) is 3.12. The van der Waals surface area contributed by atoms with E-state index in [1.54, 1.807) is 0 Å². The zero-order chi connectivity index (χ0) is 15.2. The molecule has 22 heavy (non-hydrogen) atoms. The van der Waals surface area contributed by atoms with Gasteiger partial charge in [-0.3, -0.25) is 4.79 Å². The molecule has 2 aliphatic rings. The Morgan fingerprint density at radius 3 is 2.86 bits per heavy atom. The lowest BCUT2D eigenvalue weighted by atomic mass is 9.82. The minimum atomic E-state index is 0.244. The summed E-state index contributed by atoms with van der Waals surface area (Å²) >= 11 is 0. The number of carbonyl (C=O) groups excluding carboxylic acids is 1. The molecule has 1 aromatic carbocycles. The van der Waals surface area contributed by atoms with Gasteiger partial charge in [-0.1, -0.05) is 24.3 Å². The van der Waals surface area contributed by atoms with Gasteiger partial charge in [-0.15, -0.1) is 0 Å². The SMILES string of the molecule is O=C(CC1CCc2ccccc2C1)NCCC1CCCNC1. The van der Waals surface area contributed by atoms with Crippen molar-refractivity contribution in [1.82, 2.24) is 10.6 Å². The number of piperidine rings is 1. The van der Waals surface area contributed by atoms with Gasteiger partial charge in [0.05, 0.1) is 0 Å². The van der Waals surface area contributed by atoms with Gasteiger partial charge in [-0.05, 0) is 74.6 Å². The summed E-state index contributed by atoms with van der Waals surface area (Å²) in [5.74, 6) is 1.51. The summed E-state index contributed by atoms with van der Waals surface area (Å²) in [7, 11) is 0. The Morgan fingerprint density at radius 2 is 2.05 bits per heavy atom. The summed E-state index contributed by atoms with van der Waals surface area (Å²) < 4.78 is 0. The molecule has 120 valence electrons. The van der Waals surface area contributed by atoms with E-state index < -0.39 is 0 Å². The van der Waals surface area contributed by atoms with E-state index in [2.05, 4.69) is 34.9 Å². The number of aryl methyl sites for hydroxylation is 1. The smallest absolute Gasteiger partial charge is 0.220 e. The fraction of sp³-hybridized carbons (Fsp3) is 0.632. The molecule has 3 nitrogen and oxygen atoms in total. The van der Waals surface area contributed by atoms with Gasteiger partial charge in [-0.2, -0.15) is 0 Å². The molecule has 0 radical (unpaired) electrons. The van der Waals surface area contributed by atoms with Crippen molar-refractivity contribution >= 4 is 5.91 Å². The second kappa shape index (κ2) is 7.77. The third-order valence-electron chi connectivity index (χ3n) is 5.20. The predicted molar refractivity (Wildman–Crippen MR) is 89.8 cm³/mol. The molecule has 2 unspecified atom stereocenters. The fourth-order valence-electron chi connectivity index (χ4n) is 3.87. The van der Waals surface area contributed by atoms with Gasteiger partial charge in [0.1, 0.15) is 0 Å². The van der Waals surface area contributed by atoms with E-state index in [-0.39, 0.29) is 5.91 Å². The van der Waals surface area contributed by atoms with E-state index in [1.165, 1.54) is 24.0 Å². The van der Waals surface area contributed by atoms with E-state index in [0.717, 1.165) is 51.2 Å². The van der Waals surface area contributed by atoms with Crippen LogP contribution >= 0.6 is 0 Å². The van der Waals surface area contributed by atoms with Gasteiger partial charge in [0.25, 0.3) is 0 Å². The number of amides is 1. The lowest BCUT2D eigenvalue weighted by molar-refractivity contribution is -0.122. The molecule has 0 spiro atoms. The Hall–Kier alpha value is -1.35. The number of carbonyl (C=O) groups is 1. The zero-order valence-corrected chi connectivity index (χ0v) is 13.4. The van der Waals surface area contributed by atoms with Crippen LogP contribution in [0.1, 0.15) is 43.2 Å². The average Bonchev–Trinajstić information content (AvgIpc) is 2.56. The summed E-state index contributed by atoms with van der Waals surface area (Å²) in [5, 5.41) is 6.57. The van der Waals surface area contributed by atoms with Crippen molar-refractivity contribution in [2.75, 3.05) is 19.6 Å². The van der Waals surface area contributed by atoms with Crippen molar-refractivity contribution in [2.45, 2.75) is 44.9 Å². The number of benzene rings is 1. The maximum absolute atomic E-state index is 12.1. The van der Waals surface area contributed by atoms with Gasteiger partial charge >= 0.3 is 0 Å². The quantitative estimate of drug-likeness (QED) is 0.878. The lowest BCUT2D eigenvalue weighted by Crippen LogP contribution is -2.34. The Morgan fingerprint density at radius 1 is 1.18 bits per heavy atom. The van der Waals surface area contributed by atoms with Crippen molar-refractivity contribution in [3.8, 4) is 0 Å². The predicted octanol–water partition coefficient (Wildman–Crippen LogP) is 2.69. The van der Waals surface area contributed by atoms with Crippen molar-refractivity contribution in [3.63, 3.8) is 0 Å². The van der Waals surface area contributed by atoms with Crippen LogP contribution in [-0.2, 0) is 17.6 Å². The van der Waals surface area contributed by atoms with E-state index in [4.69, 9.17) is 0 Å². The van der Waals surface area contributed by atoms with Gasteiger partial charge in [0.2, 0.25) is 5.91 Å². The molecule has 3 heteroatoms. The molecular weight excluding hydrogens is 272 g/mol. The van der Waals surface area contributed by atoms with E-state index >= 15 is 0 Å². The number of fused-ring (bicyclic) bond motifs is 1. The van der Waals surface area contributed by atoms with E-state index in [9.17, 15) is 4.79 Å². The molecule has 2 atom stereocenters. The van der Waals surface area contributed by atoms with Crippen LogP contribution in [0.2, 0.25) is 0 Å². The molecule has 0 bridgehead atoms. The van der Waals surface area contributed by atoms with Gasteiger partial charge in [-0.25, -0.2) is 0 Å². The van der Waals surface area contributed by atoms with Gasteiger partial charge in [0.15, 0.2) is 0 Å². The fourth-order valence-corrected chi connectivity index (χ4v) is 3.87. The maximum Gasteiger partial charge on any atom is 0.220 e. The maximum atomic E-state index is 12.1. The Bertz CT molecular complexity index is 494. The normalized spacial score (nSPS) is 24.5. The van der Waals surface area contributed by atoms with Gasteiger partial charge < -0.3 is 10.6 Å². The molecule has 0 aromatic heterocycles. The van der Waals surface area contributed by atoms with Crippen LogP contribution in [0.5, 0.6) is 0 Å². The molecular formula is C19H28N2O. The van der Waals surface area contributed by atoms with Crippen molar-refractivity contribution in [1.29, 1.82) is 0 Å². The Balaban J connectivity index is 1.37. The molecule has 1 aliphatic carbocycles. The van der Waals surface area contributed by atoms with Crippen LogP contribution in [-0.4, -0.2) is 25.5 Å². The van der Waals surface area contributed by atoms with Crippen molar-refractivity contribution < 1.29 is 4.79 Å². The highest BCUT2D eigenvalue weighted by atomic mass is 16.1. The summed E-state index contributed by atoms with van der Waals surface area (Å²) in [6.07, 6.45) is 7.74. The second-order valence-electron chi connectivity index (χ2n) is 6.93. The molecule has 1 amide bonds. The number of nitrogens with one attached hydrogen (secondary N) is 2. The van der Waals surface area contributed by atoms with Crippen LogP contribution in [0.25, 0.3) is 0 Å². The lowest BCUT2D eigenvalue weighted by Gasteiger charge is -2.25. The van der Waals surface area contributed by atoms with E-state index in [1.807, 2.05) is 0 Å². The first-order valence-electron chi connectivity index (χ1n) is 8.85. The topological polar surface area (TPSA) is 41.1 Å². The summed E-state index contributed by atoms with van der Waals surface area (Å²) in [5.41, 5.74) is 2.92. The summed E-state index contributed by atoms with van der Waals surface area (Å²) in [6, 6.07) is 8.67. The Labute approximate surface area is 133 Å². The highest BCUT2D eigenvalue weighted by molar-refractivity contribution is 5.76. The number of hydrogen-bond donors (Lipinski definition) is 2. The first-order chi connectivity index (χ1) is 10.8. The number of hydrogen-bond acceptors (Lipinski definition) is 2. The first-order valence-corrected chi connectivity index (χ1v) is 8.85. The molecule has 1 saturated heterocycles. The first kappa shape index (κ1) is 15.5. The molecule has 1 heterocycles. The van der Waals surface area contributed by atoms with Crippen LogP contribution < -0.4 is 10.6 Å². The Kier molecular flexibility index (Phi) is 5.49. The minimum Gasteiger partial charge on any atom is -0.356 e. The van der Waals surface area contributed by atoms with Crippen LogP contribution in [0.4, 0.5) is 0 Å². The highest BCUT2D eigenvalue weighted by Crippen LogP contribution is 2.27. The van der Waals surface area contributed by atoms with E-state index in [0.29, 0.717) is 12.3 Å². The molecule has 2 N–H and O–H groups in total. The monoisotopic (exact) mass is 300 g/mol. The average molecular weight is 300 g/mol. The second-order valence-corrected chi connectivity index (χ2v) is 6.93. The van der Waals surface area contributed by atoms with Crippen LogP contribution in [0.3, 0.4) is 0 Å². The standard InChI is InChI=1S/C19H28N2O/c22-19(21-11-9-15-4-3-10-20-14-15)13-16-7-8-17-5-1-2-6-18(17)12-16/h1-2,5-6,15-16,20H,3-4,7-14H2,(H,21,22). The van der Waals surface area contributed by atoms with Crippen molar-refractivity contribution in [2.24, 2.45) is 11.8 Å². The zero-order valence-electron chi connectivity index (χ0n) is 13.4. The third kappa shape index (κ3) is 4.33. The minimum absolute atomic E-state index is 0.244.